The van der Waals surface area contributed by atoms with E-state index >= 15 is 0 Å². The molecule has 1 N–H and O–H groups in total. The van der Waals surface area contributed by atoms with Gasteiger partial charge in [0.25, 0.3) is 0 Å². The molecule has 1 rings (SSSR count). The first-order chi connectivity index (χ1) is 5.94. The van der Waals surface area contributed by atoms with E-state index in [1.165, 1.54) is 6.42 Å². The average Bonchev–Trinajstić information content (AvgIpc) is 2.10. The second-order valence-corrected chi connectivity index (χ2v) is 4.81. The Hall–Kier alpha value is -0.550. The largest absolute Gasteiger partial charge is 0.388 e. The van der Waals surface area contributed by atoms with Gasteiger partial charge in [0.05, 0.1) is 17.1 Å². The van der Waals surface area contributed by atoms with Gasteiger partial charge in [0, 0.05) is 0 Å². The van der Waals surface area contributed by atoms with Crippen molar-refractivity contribution in [2.24, 2.45) is 11.3 Å². The van der Waals surface area contributed by atoms with Crippen molar-refractivity contribution < 1.29 is 5.11 Å². The van der Waals surface area contributed by atoms with Crippen molar-refractivity contribution in [2.45, 2.75) is 52.1 Å². The van der Waals surface area contributed by atoms with Gasteiger partial charge in [0.15, 0.2) is 0 Å². The minimum Gasteiger partial charge on any atom is -0.388 e. The number of rotatable bonds is 1. The lowest BCUT2D eigenvalue weighted by molar-refractivity contribution is -0.106. The Kier molecular flexibility index (Phi) is 2.68. The van der Waals surface area contributed by atoms with Crippen LogP contribution < -0.4 is 0 Å². The molecule has 1 saturated carbocycles. The quantitative estimate of drug-likeness (QED) is 0.675. The molecule has 74 valence electrons. The molecule has 2 unspecified atom stereocenters. The molecule has 0 aliphatic heterocycles. The molecule has 0 amide bonds. The van der Waals surface area contributed by atoms with Crippen LogP contribution in [0.3, 0.4) is 0 Å². The lowest BCUT2D eigenvalue weighted by Crippen LogP contribution is -2.50. The summed E-state index contributed by atoms with van der Waals surface area (Å²) in [4.78, 5) is 0. The summed E-state index contributed by atoms with van der Waals surface area (Å²) in [6.07, 6.45) is 4.05. The van der Waals surface area contributed by atoms with Gasteiger partial charge in [0.1, 0.15) is 0 Å². The Morgan fingerprint density at radius 3 is 2.54 bits per heavy atom. The number of hydrogen-bond acceptors (Lipinski definition) is 2. The van der Waals surface area contributed by atoms with E-state index in [9.17, 15) is 5.11 Å². The molecule has 2 nitrogen and oxygen atoms in total. The molecule has 2 atom stereocenters. The van der Waals surface area contributed by atoms with Crippen molar-refractivity contribution in [3.05, 3.63) is 0 Å². The predicted octanol–water partition coefficient (Wildman–Crippen LogP) is 2.48. The predicted molar refractivity (Wildman–Crippen MR) is 52.0 cm³/mol. The van der Waals surface area contributed by atoms with Gasteiger partial charge >= 0.3 is 0 Å². The summed E-state index contributed by atoms with van der Waals surface area (Å²) in [6.45, 7) is 5.74. The van der Waals surface area contributed by atoms with Crippen LogP contribution in [0.4, 0.5) is 0 Å². The summed E-state index contributed by atoms with van der Waals surface area (Å²) in [5, 5.41) is 19.5. The highest BCUT2D eigenvalue weighted by atomic mass is 16.3. The molecule has 0 heterocycles. The molecule has 0 spiro atoms. The lowest BCUT2D eigenvalue weighted by atomic mass is 9.63. The molecule has 1 aliphatic carbocycles. The van der Waals surface area contributed by atoms with Crippen molar-refractivity contribution in [2.75, 3.05) is 0 Å². The van der Waals surface area contributed by atoms with Gasteiger partial charge in [-0.2, -0.15) is 5.26 Å². The summed E-state index contributed by atoms with van der Waals surface area (Å²) < 4.78 is 0. The standard InChI is InChI=1S/C11H19NO/c1-9-6-4-5-7-11(9,13)10(2,3)8-12/h9,13H,4-7H2,1-3H3. The van der Waals surface area contributed by atoms with Gasteiger partial charge in [-0.25, -0.2) is 0 Å². The molecular formula is C11H19NO. The highest BCUT2D eigenvalue weighted by molar-refractivity contribution is 5.09. The Labute approximate surface area is 80.6 Å². The third-order valence-electron chi connectivity index (χ3n) is 3.62. The zero-order chi connectivity index (χ0) is 10.1. The van der Waals surface area contributed by atoms with E-state index in [-0.39, 0.29) is 5.92 Å². The number of nitriles is 1. The molecule has 0 bridgehead atoms. The molecule has 0 aromatic heterocycles. The van der Waals surface area contributed by atoms with Crippen molar-refractivity contribution >= 4 is 0 Å². The summed E-state index contributed by atoms with van der Waals surface area (Å²) >= 11 is 0. The van der Waals surface area contributed by atoms with E-state index in [1.807, 2.05) is 13.8 Å². The van der Waals surface area contributed by atoms with Crippen LogP contribution in [0.5, 0.6) is 0 Å². The molecule has 0 aromatic carbocycles. The SMILES string of the molecule is CC1CCCCC1(O)C(C)(C)C#N. The second kappa shape index (κ2) is 3.31. The van der Waals surface area contributed by atoms with Crippen molar-refractivity contribution in [3.8, 4) is 6.07 Å². The number of nitrogens with zero attached hydrogens (tertiary/aromatic N) is 1. The monoisotopic (exact) mass is 181 g/mol. The van der Waals surface area contributed by atoms with Crippen LogP contribution in [0.2, 0.25) is 0 Å². The first kappa shape index (κ1) is 10.5. The van der Waals surface area contributed by atoms with E-state index in [4.69, 9.17) is 5.26 Å². The molecule has 13 heavy (non-hydrogen) atoms. The summed E-state index contributed by atoms with van der Waals surface area (Å²) in [5.41, 5.74) is -1.40. The number of hydrogen-bond donors (Lipinski definition) is 1. The Bertz CT molecular complexity index is 229. The van der Waals surface area contributed by atoms with Crippen LogP contribution in [-0.2, 0) is 0 Å². The van der Waals surface area contributed by atoms with Gasteiger partial charge in [0.2, 0.25) is 0 Å². The van der Waals surface area contributed by atoms with Crippen LogP contribution in [0.1, 0.15) is 46.5 Å². The van der Waals surface area contributed by atoms with Crippen LogP contribution in [0.25, 0.3) is 0 Å². The van der Waals surface area contributed by atoms with E-state index in [0.717, 1.165) is 19.3 Å². The van der Waals surface area contributed by atoms with Crippen molar-refractivity contribution in [3.63, 3.8) is 0 Å². The summed E-state index contributed by atoms with van der Waals surface area (Å²) in [7, 11) is 0. The fourth-order valence-electron chi connectivity index (χ4n) is 2.36. The fourth-order valence-corrected chi connectivity index (χ4v) is 2.36. The van der Waals surface area contributed by atoms with Crippen molar-refractivity contribution in [1.29, 1.82) is 5.26 Å². The van der Waals surface area contributed by atoms with Crippen LogP contribution >= 0.6 is 0 Å². The zero-order valence-corrected chi connectivity index (χ0v) is 8.80. The molecule has 0 aromatic rings. The second-order valence-electron chi connectivity index (χ2n) is 4.81. The fraction of sp³-hybridized carbons (Fsp3) is 0.909. The maximum atomic E-state index is 10.4. The van der Waals surface area contributed by atoms with Gasteiger partial charge in [-0.05, 0) is 32.6 Å². The molecule has 1 aliphatic rings. The van der Waals surface area contributed by atoms with Gasteiger partial charge in [-0.1, -0.05) is 19.8 Å². The van der Waals surface area contributed by atoms with Gasteiger partial charge in [-0.15, -0.1) is 0 Å². The molecule has 2 heteroatoms. The Morgan fingerprint density at radius 2 is 2.08 bits per heavy atom. The third kappa shape index (κ3) is 1.58. The highest BCUT2D eigenvalue weighted by Gasteiger charge is 2.48. The van der Waals surface area contributed by atoms with Gasteiger partial charge in [-0.3, -0.25) is 0 Å². The maximum absolute atomic E-state index is 10.4. The van der Waals surface area contributed by atoms with Gasteiger partial charge < -0.3 is 5.11 Å². The zero-order valence-electron chi connectivity index (χ0n) is 8.80. The van der Waals surface area contributed by atoms with E-state index in [0.29, 0.717) is 0 Å². The summed E-state index contributed by atoms with van der Waals surface area (Å²) in [6, 6.07) is 2.23. The molecule has 0 saturated heterocycles. The highest BCUT2D eigenvalue weighted by Crippen LogP contribution is 2.45. The minimum atomic E-state index is -0.778. The summed E-state index contributed by atoms with van der Waals surface area (Å²) in [5.74, 6) is 0.246. The van der Waals surface area contributed by atoms with Crippen LogP contribution in [-0.4, -0.2) is 10.7 Å². The maximum Gasteiger partial charge on any atom is 0.0853 e. The Balaban J connectivity index is 2.91. The molecule has 1 fully saturated rings. The third-order valence-corrected chi connectivity index (χ3v) is 3.62. The van der Waals surface area contributed by atoms with E-state index < -0.39 is 11.0 Å². The first-order valence-electron chi connectivity index (χ1n) is 5.08. The first-order valence-corrected chi connectivity index (χ1v) is 5.08. The average molecular weight is 181 g/mol. The topological polar surface area (TPSA) is 44.0 Å². The Morgan fingerprint density at radius 1 is 1.46 bits per heavy atom. The minimum absolute atomic E-state index is 0.246. The smallest absolute Gasteiger partial charge is 0.0853 e. The molecular weight excluding hydrogens is 162 g/mol. The van der Waals surface area contributed by atoms with E-state index in [2.05, 4.69) is 13.0 Å². The normalized spacial score (nSPS) is 35.5. The molecule has 0 radical (unpaired) electrons. The van der Waals surface area contributed by atoms with E-state index in [1.54, 1.807) is 0 Å². The van der Waals surface area contributed by atoms with Crippen LogP contribution in [0.15, 0.2) is 0 Å². The lowest BCUT2D eigenvalue weighted by Gasteiger charge is -2.45. The van der Waals surface area contributed by atoms with Crippen molar-refractivity contribution in [1.82, 2.24) is 0 Å². The number of aliphatic hydroxyl groups is 1. The van der Waals surface area contributed by atoms with Crippen LogP contribution in [0, 0.1) is 22.7 Å².